The van der Waals surface area contributed by atoms with Crippen molar-refractivity contribution in [3.8, 4) is 0 Å². The summed E-state index contributed by atoms with van der Waals surface area (Å²) in [4.78, 5) is 0. The van der Waals surface area contributed by atoms with Gasteiger partial charge in [-0.05, 0) is 29.3 Å². The lowest BCUT2D eigenvalue weighted by Crippen LogP contribution is -2.65. The van der Waals surface area contributed by atoms with Gasteiger partial charge in [0.2, 0.25) is 0 Å². The number of halogens is 4. The normalized spacial score (nSPS) is 23.3. The molecule has 29 heavy (non-hydrogen) atoms. The molecule has 0 atom stereocenters. The zero-order chi connectivity index (χ0) is 21.3. The van der Waals surface area contributed by atoms with E-state index in [-0.39, 0.29) is 5.82 Å². The number of rotatable bonds is 3. The Balaban J connectivity index is 0.000000258. The van der Waals surface area contributed by atoms with Gasteiger partial charge in [0.25, 0.3) is 0 Å². The Morgan fingerprint density at radius 1 is 1.00 bits per heavy atom. The predicted molar refractivity (Wildman–Crippen MR) is 98.6 cm³/mol. The molecule has 3 heterocycles. The summed E-state index contributed by atoms with van der Waals surface area (Å²) in [6.45, 7) is 4.67. The quantitative estimate of drug-likeness (QED) is 0.322. The summed E-state index contributed by atoms with van der Waals surface area (Å²) < 4.78 is 73.1. The first kappa shape index (κ1) is 21.5. The molecule has 2 aromatic carbocycles. The first-order chi connectivity index (χ1) is 13.5. The minimum absolute atomic E-state index is 0.155. The van der Waals surface area contributed by atoms with Gasteiger partial charge in [0, 0.05) is 5.56 Å². The number of hydrogen-bond acceptors (Lipinski definition) is 3. The molecule has 0 amide bonds. The van der Waals surface area contributed by atoms with Crippen molar-refractivity contribution in [2.75, 3.05) is 19.6 Å². The molecule has 3 aliphatic rings. The molecule has 2 bridgehead atoms. The number of hydrogen-bond donors (Lipinski definition) is 0. The molecule has 0 aliphatic carbocycles. The summed E-state index contributed by atoms with van der Waals surface area (Å²) in [6, 6.07) is 17.7. The van der Waals surface area contributed by atoms with E-state index < -0.39 is 15.6 Å². The van der Waals surface area contributed by atoms with Crippen molar-refractivity contribution >= 4 is 15.7 Å². The van der Waals surface area contributed by atoms with E-state index in [2.05, 4.69) is 36.4 Å². The lowest BCUT2D eigenvalue weighted by atomic mass is 9.79. The number of alkyl halides is 3. The third-order valence-electron chi connectivity index (χ3n) is 5.18. The van der Waals surface area contributed by atoms with E-state index in [4.69, 9.17) is 13.0 Å². The fraction of sp³-hybridized carbons (Fsp3) is 0.300. The highest BCUT2D eigenvalue weighted by Crippen LogP contribution is 2.42. The average Bonchev–Trinajstić information content (AvgIpc) is 2.62. The molecule has 2 aromatic rings. The summed E-state index contributed by atoms with van der Waals surface area (Å²) >= 11 is 0. The van der Waals surface area contributed by atoms with Crippen LogP contribution in [0.5, 0.6) is 0 Å². The molecule has 3 aliphatic heterocycles. The van der Waals surface area contributed by atoms with E-state index in [0.29, 0.717) is 5.92 Å². The minimum atomic E-state index is -6.09. The second kappa shape index (κ2) is 7.89. The lowest BCUT2D eigenvalue weighted by Gasteiger charge is -2.54. The summed E-state index contributed by atoms with van der Waals surface area (Å²) in [5.41, 5.74) is -1.61. The maximum Gasteiger partial charge on any atom is 0.485 e. The standard InChI is InChI=1S/C19H19FN.CHF3O3S/c20-18-8-6-16(7-9-18)19-10-11-21(13-17(19)14-21)12-15-4-2-1-3-5-15;2-1(3,4)8(5,6)7/h1-10,17H,11-14H2;(H,5,6,7)/q+1;/p-1. The van der Waals surface area contributed by atoms with Crippen molar-refractivity contribution in [1.82, 2.24) is 0 Å². The van der Waals surface area contributed by atoms with E-state index in [1.54, 1.807) is 12.1 Å². The smallest absolute Gasteiger partial charge is 0.485 e. The van der Waals surface area contributed by atoms with Crippen LogP contribution in [-0.4, -0.2) is 42.6 Å². The second-order valence-electron chi connectivity index (χ2n) is 7.30. The molecule has 0 aromatic heterocycles. The van der Waals surface area contributed by atoms with Crippen molar-refractivity contribution in [1.29, 1.82) is 0 Å². The zero-order valence-electron chi connectivity index (χ0n) is 15.3. The largest absolute Gasteiger partial charge is 0.741 e. The molecule has 5 rings (SSSR count). The maximum absolute atomic E-state index is 13.0. The van der Waals surface area contributed by atoms with Crippen LogP contribution >= 0.6 is 0 Å². The molecule has 0 saturated carbocycles. The van der Waals surface area contributed by atoms with Crippen LogP contribution in [0, 0.1) is 11.7 Å². The van der Waals surface area contributed by atoms with Crippen molar-refractivity contribution in [2.24, 2.45) is 5.92 Å². The fourth-order valence-electron chi connectivity index (χ4n) is 3.85. The van der Waals surface area contributed by atoms with Crippen LogP contribution < -0.4 is 0 Å². The van der Waals surface area contributed by atoms with Gasteiger partial charge in [-0.1, -0.05) is 42.5 Å². The van der Waals surface area contributed by atoms with E-state index in [0.717, 1.165) is 13.1 Å². The monoisotopic (exact) mass is 429 g/mol. The van der Waals surface area contributed by atoms with Gasteiger partial charge in [0.1, 0.15) is 12.4 Å². The minimum Gasteiger partial charge on any atom is -0.741 e. The van der Waals surface area contributed by atoms with E-state index in [1.807, 2.05) is 12.1 Å². The molecule has 0 radical (unpaired) electrons. The van der Waals surface area contributed by atoms with Crippen LogP contribution in [-0.2, 0) is 16.7 Å². The van der Waals surface area contributed by atoms with Gasteiger partial charge in [0.05, 0.1) is 25.6 Å². The van der Waals surface area contributed by atoms with E-state index in [9.17, 15) is 17.6 Å². The Morgan fingerprint density at radius 3 is 2.00 bits per heavy atom. The van der Waals surface area contributed by atoms with Crippen LogP contribution in [0.1, 0.15) is 11.1 Å². The third-order valence-corrected chi connectivity index (χ3v) is 5.74. The van der Waals surface area contributed by atoms with Crippen LogP contribution in [0.4, 0.5) is 17.6 Å². The molecule has 9 heteroatoms. The van der Waals surface area contributed by atoms with Crippen LogP contribution in [0.3, 0.4) is 0 Å². The van der Waals surface area contributed by atoms with Crippen LogP contribution in [0.2, 0.25) is 0 Å². The summed E-state index contributed by atoms with van der Waals surface area (Å²) in [5.74, 6) is 0.492. The summed E-state index contributed by atoms with van der Waals surface area (Å²) in [7, 11) is -6.09. The van der Waals surface area contributed by atoms with E-state index in [1.165, 1.54) is 34.3 Å². The molecule has 1 fully saturated rings. The van der Waals surface area contributed by atoms with Crippen molar-refractivity contribution in [3.63, 3.8) is 0 Å². The second-order valence-corrected chi connectivity index (χ2v) is 8.67. The highest BCUT2D eigenvalue weighted by Gasteiger charge is 2.48. The Hall–Kier alpha value is -2.23. The van der Waals surface area contributed by atoms with Crippen LogP contribution in [0.25, 0.3) is 5.57 Å². The highest BCUT2D eigenvalue weighted by atomic mass is 32.2. The Kier molecular flexibility index (Phi) is 5.84. The Bertz CT molecular complexity index is 981. The molecule has 0 N–H and O–H groups in total. The van der Waals surface area contributed by atoms with Gasteiger partial charge in [-0.2, -0.15) is 13.2 Å². The van der Waals surface area contributed by atoms with Gasteiger partial charge in [-0.3, -0.25) is 0 Å². The fourth-order valence-corrected chi connectivity index (χ4v) is 3.85. The predicted octanol–water partition coefficient (Wildman–Crippen LogP) is 3.92. The number of nitrogens with zero attached hydrogens (tertiary/aromatic N) is 1. The molecule has 4 nitrogen and oxygen atoms in total. The van der Waals surface area contributed by atoms with E-state index >= 15 is 0 Å². The molecule has 0 spiro atoms. The van der Waals surface area contributed by atoms with Crippen molar-refractivity contribution in [3.05, 3.63) is 77.6 Å². The number of benzene rings is 2. The Labute approximate surface area is 166 Å². The summed E-state index contributed by atoms with van der Waals surface area (Å²) in [6.07, 6.45) is 2.37. The van der Waals surface area contributed by atoms with Gasteiger partial charge in [-0.15, -0.1) is 0 Å². The molecule has 0 unspecified atom stereocenters. The molecule has 156 valence electrons. The van der Waals surface area contributed by atoms with Gasteiger partial charge in [-0.25, -0.2) is 12.8 Å². The van der Waals surface area contributed by atoms with Gasteiger partial charge < -0.3 is 9.04 Å². The van der Waals surface area contributed by atoms with Crippen molar-refractivity contribution < 1.29 is 35.0 Å². The first-order valence-corrected chi connectivity index (χ1v) is 10.3. The summed E-state index contributed by atoms with van der Waals surface area (Å²) in [5, 5.41) is 0. The first-order valence-electron chi connectivity index (χ1n) is 8.86. The maximum atomic E-state index is 13.0. The van der Waals surface area contributed by atoms with Gasteiger partial charge in [0.15, 0.2) is 10.1 Å². The van der Waals surface area contributed by atoms with Crippen LogP contribution in [0.15, 0.2) is 60.7 Å². The number of fused-ring (bicyclic) bond motifs is 1. The topological polar surface area (TPSA) is 57.2 Å². The van der Waals surface area contributed by atoms with Gasteiger partial charge >= 0.3 is 5.51 Å². The zero-order valence-corrected chi connectivity index (χ0v) is 16.1. The number of quaternary nitrogens is 1. The molecular weight excluding hydrogens is 410 g/mol. The molecular formula is C20H19F4NO3S. The third kappa shape index (κ3) is 5.04. The molecule has 1 saturated heterocycles. The highest BCUT2D eigenvalue weighted by molar-refractivity contribution is 7.86. The van der Waals surface area contributed by atoms with Crippen molar-refractivity contribution in [2.45, 2.75) is 12.1 Å². The average molecular weight is 429 g/mol. The lowest BCUT2D eigenvalue weighted by molar-refractivity contribution is -0.980. The SMILES string of the molecule is Fc1ccc(C2=CC[N+]3(Cc4ccccc4)CC2C3)cc1.O=S(=O)([O-])C(F)(F)F. The Morgan fingerprint density at radius 2 is 1.55 bits per heavy atom.